The van der Waals surface area contributed by atoms with Crippen molar-refractivity contribution < 1.29 is 9.90 Å². The molecule has 0 radical (unpaired) electrons. The molecule has 3 nitrogen and oxygen atoms in total. The molecule has 0 unspecified atom stereocenters. The first kappa shape index (κ1) is 14.8. The summed E-state index contributed by atoms with van der Waals surface area (Å²) in [6.45, 7) is 9.33. The third-order valence-electron chi connectivity index (χ3n) is 3.51. The number of hydrogen-bond donors (Lipinski definition) is 2. The van der Waals surface area contributed by atoms with Gasteiger partial charge in [-0.1, -0.05) is 39.3 Å². The predicted octanol–water partition coefficient (Wildman–Crippen LogP) is 4.13. The summed E-state index contributed by atoms with van der Waals surface area (Å²) >= 11 is 5.81. The Morgan fingerprint density at radius 2 is 2.06 bits per heavy atom. The first-order valence-corrected chi connectivity index (χ1v) is 6.38. The Balaban J connectivity index is 2.89. The first-order valence-electron chi connectivity index (χ1n) is 6.01. The second kappa shape index (κ2) is 5.61. The van der Waals surface area contributed by atoms with E-state index in [1.54, 1.807) is 12.1 Å². The standard InChI is InChI=1S/C14H20ClNO2/c1-9(2)14(3,4)8-16-12-6-5-10(15)7-11(12)13(17)18/h5-7,9,16H,8H2,1-4H3,(H,17,18). The van der Waals surface area contributed by atoms with Crippen LogP contribution in [0.1, 0.15) is 38.1 Å². The molecule has 18 heavy (non-hydrogen) atoms. The number of carboxylic acid groups (broad SMARTS) is 1. The van der Waals surface area contributed by atoms with Crippen LogP contribution in [0.3, 0.4) is 0 Å². The molecule has 1 aromatic carbocycles. The fourth-order valence-corrected chi connectivity index (χ4v) is 1.55. The zero-order valence-corrected chi connectivity index (χ0v) is 12.0. The second-order valence-corrected chi connectivity index (χ2v) is 5.93. The summed E-state index contributed by atoms with van der Waals surface area (Å²) < 4.78 is 0. The van der Waals surface area contributed by atoms with Crippen LogP contribution in [0.15, 0.2) is 18.2 Å². The van der Waals surface area contributed by atoms with Crippen molar-refractivity contribution in [3.05, 3.63) is 28.8 Å². The van der Waals surface area contributed by atoms with Gasteiger partial charge in [0.05, 0.1) is 5.56 Å². The molecule has 0 amide bonds. The highest BCUT2D eigenvalue weighted by Gasteiger charge is 2.22. The monoisotopic (exact) mass is 269 g/mol. The van der Waals surface area contributed by atoms with Gasteiger partial charge >= 0.3 is 5.97 Å². The average Bonchev–Trinajstić information content (AvgIpc) is 2.27. The number of nitrogens with one attached hydrogen (secondary N) is 1. The minimum Gasteiger partial charge on any atom is -0.478 e. The van der Waals surface area contributed by atoms with E-state index in [0.29, 0.717) is 23.2 Å². The van der Waals surface area contributed by atoms with E-state index in [-0.39, 0.29) is 11.0 Å². The van der Waals surface area contributed by atoms with Crippen molar-refractivity contribution in [1.82, 2.24) is 0 Å². The molecule has 1 aromatic rings. The maximum absolute atomic E-state index is 11.1. The van der Waals surface area contributed by atoms with E-state index in [9.17, 15) is 4.79 Å². The number of halogens is 1. The Bertz CT molecular complexity index is 441. The molecule has 2 N–H and O–H groups in total. The molecule has 0 bridgehead atoms. The van der Waals surface area contributed by atoms with E-state index >= 15 is 0 Å². The van der Waals surface area contributed by atoms with Gasteiger partial charge in [0.2, 0.25) is 0 Å². The van der Waals surface area contributed by atoms with Gasteiger partial charge in [0, 0.05) is 17.3 Å². The van der Waals surface area contributed by atoms with Gasteiger partial charge in [-0.2, -0.15) is 0 Å². The Kier molecular flexibility index (Phi) is 4.63. The van der Waals surface area contributed by atoms with Crippen molar-refractivity contribution in [3.8, 4) is 0 Å². The SMILES string of the molecule is CC(C)C(C)(C)CNc1ccc(Cl)cc1C(=O)O. The van der Waals surface area contributed by atoms with Crippen LogP contribution in [-0.2, 0) is 0 Å². The minimum absolute atomic E-state index is 0.0927. The Hall–Kier alpha value is -1.22. The Morgan fingerprint density at radius 1 is 1.44 bits per heavy atom. The number of rotatable bonds is 5. The van der Waals surface area contributed by atoms with E-state index in [1.165, 1.54) is 6.07 Å². The largest absolute Gasteiger partial charge is 0.478 e. The highest BCUT2D eigenvalue weighted by Crippen LogP contribution is 2.28. The molecule has 0 spiro atoms. The summed E-state index contributed by atoms with van der Waals surface area (Å²) in [6, 6.07) is 4.87. The zero-order valence-electron chi connectivity index (χ0n) is 11.2. The summed E-state index contributed by atoms with van der Waals surface area (Å²) in [5.41, 5.74) is 0.915. The number of benzene rings is 1. The van der Waals surface area contributed by atoms with Gasteiger partial charge in [0.25, 0.3) is 0 Å². The maximum atomic E-state index is 11.1. The number of carbonyl (C=O) groups is 1. The van der Waals surface area contributed by atoms with Crippen LogP contribution in [-0.4, -0.2) is 17.6 Å². The Labute approximate surface area is 113 Å². The predicted molar refractivity (Wildman–Crippen MR) is 75.5 cm³/mol. The smallest absolute Gasteiger partial charge is 0.337 e. The third kappa shape index (κ3) is 3.64. The molecule has 0 fully saturated rings. The lowest BCUT2D eigenvalue weighted by Crippen LogP contribution is -2.29. The summed E-state index contributed by atoms with van der Waals surface area (Å²) in [6.07, 6.45) is 0. The summed E-state index contributed by atoms with van der Waals surface area (Å²) in [5, 5.41) is 12.8. The van der Waals surface area contributed by atoms with Crippen molar-refractivity contribution in [2.45, 2.75) is 27.7 Å². The van der Waals surface area contributed by atoms with Crippen LogP contribution in [0.5, 0.6) is 0 Å². The van der Waals surface area contributed by atoms with Crippen LogP contribution >= 0.6 is 11.6 Å². The topological polar surface area (TPSA) is 49.3 Å². The molecular weight excluding hydrogens is 250 g/mol. The molecule has 0 aliphatic heterocycles. The van der Waals surface area contributed by atoms with E-state index in [4.69, 9.17) is 16.7 Å². The van der Waals surface area contributed by atoms with Gasteiger partial charge in [0.1, 0.15) is 0 Å². The number of hydrogen-bond acceptors (Lipinski definition) is 2. The number of anilines is 1. The molecule has 100 valence electrons. The van der Waals surface area contributed by atoms with E-state index < -0.39 is 5.97 Å². The number of aromatic carboxylic acids is 1. The molecule has 4 heteroatoms. The minimum atomic E-state index is -0.970. The summed E-state index contributed by atoms with van der Waals surface area (Å²) in [4.78, 5) is 11.1. The summed E-state index contributed by atoms with van der Waals surface area (Å²) in [5.74, 6) is -0.465. The molecule has 1 rings (SSSR count). The third-order valence-corrected chi connectivity index (χ3v) is 3.74. The molecule has 0 atom stereocenters. The van der Waals surface area contributed by atoms with Crippen molar-refractivity contribution in [3.63, 3.8) is 0 Å². The van der Waals surface area contributed by atoms with Gasteiger partial charge < -0.3 is 10.4 Å². The van der Waals surface area contributed by atoms with Gasteiger partial charge in [0.15, 0.2) is 0 Å². The molecule has 0 saturated heterocycles. The van der Waals surface area contributed by atoms with Crippen LogP contribution < -0.4 is 5.32 Å². The highest BCUT2D eigenvalue weighted by atomic mass is 35.5. The van der Waals surface area contributed by atoms with Crippen LogP contribution in [0.25, 0.3) is 0 Å². The molecular formula is C14H20ClNO2. The average molecular weight is 270 g/mol. The molecule has 0 aliphatic rings. The number of carboxylic acids is 1. The lowest BCUT2D eigenvalue weighted by molar-refractivity contribution is 0.0698. The van der Waals surface area contributed by atoms with Crippen molar-refractivity contribution in [1.29, 1.82) is 0 Å². The molecule has 0 heterocycles. The van der Waals surface area contributed by atoms with Crippen molar-refractivity contribution >= 4 is 23.3 Å². The lowest BCUT2D eigenvalue weighted by atomic mass is 9.81. The van der Waals surface area contributed by atoms with Crippen molar-refractivity contribution in [2.75, 3.05) is 11.9 Å². The molecule has 0 saturated carbocycles. The fraction of sp³-hybridized carbons (Fsp3) is 0.500. The van der Waals surface area contributed by atoms with Gasteiger partial charge in [-0.15, -0.1) is 0 Å². The maximum Gasteiger partial charge on any atom is 0.337 e. The Morgan fingerprint density at radius 3 is 2.56 bits per heavy atom. The van der Waals surface area contributed by atoms with Gasteiger partial charge in [-0.05, 0) is 29.5 Å². The van der Waals surface area contributed by atoms with E-state index in [2.05, 4.69) is 33.0 Å². The van der Waals surface area contributed by atoms with Crippen LogP contribution in [0.2, 0.25) is 5.02 Å². The quantitative estimate of drug-likeness (QED) is 0.845. The second-order valence-electron chi connectivity index (χ2n) is 5.49. The normalized spacial score (nSPS) is 11.7. The van der Waals surface area contributed by atoms with Crippen molar-refractivity contribution in [2.24, 2.45) is 11.3 Å². The first-order chi connectivity index (χ1) is 8.24. The highest BCUT2D eigenvalue weighted by molar-refractivity contribution is 6.31. The molecule has 0 aliphatic carbocycles. The zero-order chi connectivity index (χ0) is 13.9. The van der Waals surface area contributed by atoms with Crippen LogP contribution in [0, 0.1) is 11.3 Å². The van der Waals surface area contributed by atoms with E-state index in [0.717, 1.165) is 0 Å². The molecule has 0 aromatic heterocycles. The van der Waals surface area contributed by atoms with Gasteiger partial charge in [-0.3, -0.25) is 0 Å². The fourth-order valence-electron chi connectivity index (χ4n) is 1.37. The van der Waals surface area contributed by atoms with Gasteiger partial charge in [-0.25, -0.2) is 4.79 Å². The summed E-state index contributed by atoms with van der Waals surface area (Å²) in [7, 11) is 0. The lowest BCUT2D eigenvalue weighted by Gasteiger charge is -2.30. The van der Waals surface area contributed by atoms with E-state index in [1.807, 2.05) is 0 Å². The van der Waals surface area contributed by atoms with Crippen LogP contribution in [0.4, 0.5) is 5.69 Å².